The molecule has 0 spiro atoms. The highest BCUT2D eigenvalue weighted by atomic mass is 16.2. The molecule has 2 aliphatic rings. The van der Waals surface area contributed by atoms with Gasteiger partial charge in [0.15, 0.2) is 0 Å². The second-order valence-electron chi connectivity index (χ2n) is 6.42. The van der Waals surface area contributed by atoms with Crippen molar-refractivity contribution < 1.29 is 4.79 Å². The Morgan fingerprint density at radius 3 is 2.82 bits per heavy atom. The lowest BCUT2D eigenvalue weighted by molar-refractivity contribution is -0.138. The second kappa shape index (κ2) is 7.20. The first-order valence-corrected chi connectivity index (χ1v) is 8.42. The van der Waals surface area contributed by atoms with Gasteiger partial charge in [-0.3, -0.25) is 14.7 Å². The normalized spacial score (nSPS) is 25.0. The molecule has 3 rings (SSSR count). The summed E-state index contributed by atoms with van der Waals surface area (Å²) in [6, 6.07) is 4.20. The van der Waals surface area contributed by atoms with Crippen molar-refractivity contribution in [2.24, 2.45) is 0 Å². The highest BCUT2D eigenvalue weighted by Crippen LogP contribution is 2.25. The Bertz CT molecular complexity index is 487. The molecule has 0 aromatic carbocycles. The van der Waals surface area contributed by atoms with E-state index in [2.05, 4.69) is 22.1 Å². The van der Waals surface area contributed by atoms with E-state index in [1.807, 2.05) is 23.2 Å². The van der Waals surface area contributed by atoms with Crippen LogP contribution in [0.3, 0.4) is 0 Å². The van der Waals surface area contributed by atoms with Gasteiger partial charge in [0, 0.05) is 51.2 Å². The average Bonchev–Trinajstić information content (AvgIpc) is 2.57. The number of nitrogens with one attached hydrogen (secondary N) is 1. The van der Waals surface area contributed by atoms with Crippen molar-refractivity contribution >= 4 is 5.91 Å². The van der Waals surface area contributed by atoms with Crippen LogP contribution in [-0.4, -0.2) is 59.5 Å². The highest BCUT2D eigenvalue weighted by Gasteiger charge is 2.33. The molecule has 1 aromatic rings. The van der Waals surface area contributed by atoms with E-state index in [1.54, 1.807) is 6.20 Å². The molecule has 0 radical (unpaired) electrons. The summed E-state index contributed by atoms with van der Waals surface area (Å²) < 4.78 is 0. The fourth-order valence-corrected chi connectivity index (χ4v) is 3.53. The largest absolute Gasteiger partial charge is 0.341 e. The number of amides is 1. The minimum Gasteiger partial charge on any atom is -0.341 e. The van der Waals surface area contributed by atoms with Gasteiger partial charge in [-0.05, 0) is 37.8 Å². The fourth-order valence-electron chi connectivity index (χ4n) is 3.53. The molecule has 120 valence electrons. The van der Waals surface area contributed by atoms with Crippen LogP contribution in [0.25, 0.3) is 0 Å². The van der Waals surface area contributed by atoms with Gasteiger partial charge in [0.1, 0.15) is 6.04 Å². The number of rotatable bonds is 3. The van der Waals surface area contributed by atoms with Crippen LogP contribution < -0.4 is 5.32 Å². The van der Waals surface area contributed by atoms with Crippen LogP contribution in [-0.2, 0) is 4.79 Å². The molecule has 5 nitrogen and oxygen atoms in total. The van der Waals surface area contributed by atoms with Gasteiger partial charge in [0.25, 0.3) is 0 Å². The van der Waals surface area contributed by atoms with E-state index in [4.69, 9.17) is 0 Å². The van der Waals surface area contributed by atoms with Crippen molar-refractivity contribution in [2.45, 2.75) is 38.3 Å². The van der Waals surface area contributed by atoms with Crippen LogP contribution in [0, 0.1) is 0 Å². The predicted octanol–water partition coefficient (Wildman–Crippen LogP) is 1.43. The summed E-state index contributed by atoms with van der Waals surface area (Å²) >= 11 is 0. The Labute approximate surface area is 132 Å². The van der Waals surface area contributed by atoms with Gasteiger partial charge in [-0.25, -0.2) is 0 Å². The molecule has 0 saturated carbocycles. The number of carbonyl (C=O) groups is 1. The van der Waals surface area contributed by atoms with E-state index in [1.165, 1.54) is 6.42 Å². The monoisotopic (exact) mass is 302 g/mol. The van der Waals surface area contributed by atoms with Crippen molar-refractivity contribution in [1.82, 2.24) is 20.1 Å². The van der Waals surface area contributed by atoms with Crippen LogP contribution >= 0.6 is 0 Å². The molecular weight excluding hydrogens is 276 g/mol. The van der Waals surface area contributed by atoms with E-state index < -0.39 is 0 Å². The van der Waals surface area contributed by atoms with Crippen molar-refractivity contribution in [3.63, 3.8) is 0 Å². The Kier molecular flexibility index (Phi) is 5.05. The minimum absolute atomic E-state index is 0.184. The summed E-state index contributed by atoms with van der Waals surface area (Å²) in [5, 5.41) is 3.45. The molecule has 3 heterocycles. The standard InChI is InChI=1S/C17H26N4O/c1-14-13-21(11-8-19-14)16(15-6-5-7-18-12-15)17(22)20-9-3-2-4-10-20/h5-7,12,14,16,19H,2-4,8-11,13H2,1H3. The predicted molar refractivity (Wildman–Crippen MR) is 86.4 cm³/mol. The lowest BCUT2D eigenvalue weighted by Gasteiger charge is -2.40. The van der Waals surface area contributed by atoms with Crippen molar-refractivity contribution in [1.29, 1.82) is 0 Å². The molecule has 2 atom stereocenters. The lowest BCUT2D eigenvalue weighted by atomic mass is 10.0. The molecule has 2 aliphatic heterocycles. The third-order valence-corrected chi connectivity index (χ3v) is 4.67. The van der Waals surface area contributed by atoms with Gasteiger partial charge >= 0.3 is 0 Å². The molecule has 5 heteroatoms. The number of aromatic nitrogens is 1. The van der Waals surface area contributed by atoms with Crippen LogP contribution in [0.15, 0.2) is 24.5 Å². The van der Waals surface area contributed by atoms with Crippen LogP contribution in [0.1, 0.15) is 37.8 Å². The maximum Gasteiger partial charge on any atom is 0.244 e. The Balaban J connectivity index is 1.83. The number of likely N-dealkylation sites (tertiary alicyclic amines) is 1. The topological polar surface area (TPSA) is 48.5 Å². The maximum atomic E-state index is 13.1. The number of piperidine rings is 1. The van der Waals surface area contributed by atoms with E-state index in [0.29, 0.717) is 6.04 Å². The molecule has 1 amide bonds. The maximum absolute atomic E-state index is 13.1. The molecule has 1 aromatic heterocycles. The summed E-state index contributed by atoms with van der Waals surface area (Å²) in [6.45, 7) is 6.72. The van der Waals surface area contributed by atoms with E-state index in [0.717, 1.165) is 51.1 Å². The van der Waals surface area contributed by atoms with Crippen molar-refractivity contribution in [3.05, 3.63) is 30.1 Å². The second-order valence-corrected chi connectivity index (χ2v) is 6.42. The zero-order valence-electron chi connectivity index (χ0n) is 13.4. The van der Waals surface area contributed by atoms with Crippen LogP contribution in [0.4, 0.5) is 0 Å². The number of piperazine rings is 1. The zero-order valence-corrected chi connectivity index (χ0v) is 13.4. The quantitative estimate of drug-likeness (QED) is 0.917. The summed E-state index contributed by atoms with van der Waals surface area (Å²) in [5.41, 5.74) is 1.02. The minimum atomic E-state index is -0.184. The molecule has 2 saturated heterocycles. The molecule has 22 heavy (non-hydrogen) atoms. The number of hydrogen-bond donors (Lipinski definition) is 1. The number of nitrogens with zero attached hydrogens (tertiary/aromatic N) is 3. The summed E-state index contributed by atoms with van der Waals surface area (Å²) in [7, 11) is 0. The molecule has 0 aliphatic carbocycles. The molecule has 1 N–H and O–H groups in total. The van der Waals surface area contributed by atoms with Crippen molar-refractivity contribution in [3.8, 4) is 0 Å². The van der Waals surface area contributed by atoms with Gasteiger partial charge in [-0.2, -0.15) is 0 Å². The van der Waals surface area contributed by atoms with E-state index in [9.17, 15) is 4.79 Å². The van der Waals surface area contributed by atoms with Gasteiger partial charge in [-0.1, -0.05) is 6.07 Å². The number of carbonyl (C=O) groups excluding carboxylic acids is 1. The molecular formula is C17H26N4O. The Hall–Kier alpha value is -1.46. The number of pyridine rings is 1. The molecule has 2 fully saturated rings. The Morgan fingerprint density at radius 1 is 1.32 bits per heavy atom. The Morgan fingerprint density at radius 2 is 2.14 bits per heavy atom. The van der Waals surface area contributed by atoms with Crippen LogP contribution in [0.5, 0.6) is 0 Å². The van der Waals surface area contributed by atoms with Gasteiger partial charge in [-0.15, -0.1) is 0 Å². The first kappa shape index (κ1) is 15.4. The zero-order chi connectivity index (χ0) is 15.4. The van der Waals surface area contributed by atoms with Gasteiger partial charge in [0.05, 0.1) is 0 Å². The SMILES string of the molecule is CC1CN(C(C(=O)N2CCCCC2)c2cccnc2)CCN1. The van der Waals surface area contributed by atoms with Crippen LogP contribution in [0.2, 0.25) is 0 Å². The summed E-state index contributed by atoms with van der Waals surface area (Å²) in [5.74, 6) is 0.252. The third-order valence-electron chi connectivity index (χ3n) is 4.67. The van der Waals surface area contributed by atoms with E-state index in [-0.39, 0.29) is 11.9 Å². The summed E-state index contributed by atoms with van der Waals surface area (Å²) in [6.07, 6.45) is 7.12. The average molecular weight is 302 g/mol. The van der Waals surface area contributed by atoms with Crippen molar-refractivity contribution in [2.75, 3.05) is 32.7 Å². The van der Waals surface area contributed by atoms with Gasteiger partial charge in [0.2, 0.25) is 5.91 Å². The highest BCUT2D eigenvalue weighted by molar-refractivity contribution is 5.83. The molecule has 2 unspecified atom stereocenters. The lowest BCUT2D eigenvalue weighted by Crippen LogP contribution is -2.54. The number of hydrogen-bond acceptors (Lipinski definition) is 4. The first-order chi connectivity index (χ1) is 10.8. The van der Waals surface area contributed by atoms with E-state index >= 15 is 0 Å². The van der Waals surface area contributed by atoms with Gasteiger partial charge < -0.3 is 10.2 Å². The fraction of sp³-hybridized carbons (Fsp3) is 0.647. The smallest absolute Gasteiger partial charge is 0.244 e. The third kappa shape index (κ3) is 3.47. The first-order valence-electron chi connectivity index (χ1n) is 8.42. The molecule has 0 bridgehead atoms. The summed E-state index contributed by atoms with van der Waals surface area (Å²) in [4.78, 5) is 21.7.